The molecule has 180 valence electrons. The molecule has 0 bridgehead atoms. The van der Waals surface area contributed by atoms with Crippen LogP contribution in [0.3, 0.4) is 0 Å². The highest BCUT2D eigenvalue weighted by Crippen LogP contribution is 2.34. The highest BCUT2D eigenvalue weighted by Gasteiger charge is 2.24. The van der Waals surface area contributed by atoms with Crippen molar-refractivity contribution >= 4 is 11.5 Å². The van der Waals surface area contributed by atoms with Gasteiger partial charge in [-0.3, -0.25) is 19.7 Å². The zero-order chi connectivity index (χ0) is 24.2. The number of rotatable bonds is 8. The highest BCUT2D eigenvalue weighted by molar-refractivity contribution is 5.80. The van der Waals surface area contributed by atoms with E-state index in [9.17, 15) is 14.5 Å². The molecule has 1 fully saturated rings. The lowest BCUT2D eigenvalue weighted by molar-refractivity contribution is -0.384. The molecule has 34 heavy (non-hydrogen) atoms. The maximum Gasteiger partial charge on any atom is 0.311 e. The van der Waals surface area contributed by atoms with Crippen LogP contribution >= 0.6 is 0 Å². The summed E-state index contributed by atoms with van der Waals surface area (Å²) in [6, 6.07) is 9.22. The second-order valence-corrected chi connectivity index (χ2v) is 8.75. The van der Waals surface area contributed by atoms with Crippen LogP contribution in [-0.2, 0) is 4.74 Å². The number of morpholine rings is 1. The first kappa shape index (κ1) is 23.8. The summed E-state index contributed by atoms with van der Waals surface area (Å²) in [7, 11) is 0. The standard InChI is InChI=1S/C24H29FN6O3/c1-16(2)14-26-24-22(31(32)33)9-8-21(27-24)20-15-30(17(3)29-10-12-34-13-11-29)28-23(20)18-4-6-19(25)7-5-18/h4-9,15-17H,10-14H2,1-3H3,(H,26,27). The summed E-state index contributed by atoms with van der Waals surface area (Å²) >= 11 is 0. The largest absolute Gasteiger partial charge is 0.379 e. The average molecular weight is 469 g/mol. The Morgan fingerprint density at radius 3 is 2.50 bits per heavy atom. The number of aromatic nitrogens is 3. The normalized spacial score (nSPS) is 15.4. The number of ether oxygens (including phenoxy) is 1. The number of anilines is 1. The Morgan fingerprint density at radius 2 is 1.85 bits per heavy atom. The summed E-state index contributed by atoms with van der Waals surface area (Å²) in [6.45, 7) is 9.57. The summed E-state index contributed by atoms with van der Waals surface area (Å²) in [6.07, 6.45) is 1.87. The molecule has 4 rings (SSSR count). The summed E-state index contributed by atoms with van der Waals surface area (Å²) in [4.78, 5) is 18.0. The van der Waals surface area contributed by atoms with Crippen molar-refractivity contribution in [2.45, 2.75) is 26.9 Å². The Kier molecular flexibility index (Phi) is 7.18. The predicted molar refractivity (Wildman–Crippen MR) is 128 cm³/mol. The lowest BCUT2D eigenvalue weighted by Crippen LogP contribution is -2.40. The molecule has 1 unspecified atom stereocenters. The van der Waals surface area contributed by atoms with Crippen LogP contribution in [0.4, 0.5) is 15.9 Å². The molecule has 3 aromatic rings. The number of pyridine rings is 1. The van der Waals surface area contributed by atoms with Crippen molar-refractivity contribution < 1.29 is 14.1 Å². The van der Waals surface area contributed by atoms with Crippen LogP contribution in [0.1, 0.15) is 26.9 Å². The molecule has 1 N–H and O–H groups in total. The summed E-state index contributed by atoms with van der Waals surface area (Å²) in [5.41, 5.74) is 2.56. The fourth-order valence-electron chi connectivity index (χ4n) is 3.89. The molecule has 0 aliphatic carbocycles. The topological polar surface area (TPSA) is 98.4 Å². The fourth-order valence-corrected chi connectivity index (χ4v) is 3.89. The quantitative estimate of drug-likeness (QED) is 0.382. The third-order valence-electron chi connectivity index (χ3n) is 5.83. The molecular weight excluding hydrogens is 439 g/mol. The van der Waals surface area contributed by atoms with Crippen LogP contribution in [0.25, 0.3) is 22.5 Å². The number of benzene rings is 1. The third kappa shape index (κ3) is 5.23. The zero-order valence-electron chi connectivity index (χ0n) is 19.6. The van der Waals surface area contributed by atoms with Crippen LogP contribution in [0, 0.1) is 21.8 Å². The number of nitrogens with one attached hydrogen (secondary N) is 1. The van der Waals surface area contributed by atoms with Gasteiger partial charge in [-0.15, -0.1) is 0 Å². The van der Waals surface area contributed by atoms with E-state index in [1.54, 1.807) is 18.2 Å². The van der Waals surface area contributed by atoms with Gasteiger partial charge in [-0.25, -0.2) is 9.37 Å². The molecule has 0 amide bonds. The van der Waals surface area contributed by atoms with Crippen molar-refractivity contribution in [3.63, 3.8) is 0 Å². The Labute approximate surface area is 197 Å². The van der Waals surface area contributed by atoms with Gasteiger partial charge in [-0.2, -0.15) is 5.10 Å². The number of nitro groups is 1. The molecule has 1 saturated heterocycles. The van der Waals surface area contributed by atoms with E-state index in [0.717, 1.165) is 18.7 Å². The molecule has 1 aliphatic heterocycles. The first-order valence-corrected chi connectivity index (χ1v) is 11.4. The Morgan fingerprint density at radius 1 is 1.15 bits per heavy atom. The van der Waals surface area contributed by atoms with Crippen molar-refractivity contribution in [3.8, 4) is 22.5 Å². The van der Waals surface area contributed by atoms with Crippen molar-refractivity contribution in [1.29, 1.82) is 0 Å². The fraction of sp³-hybridized carbons (Fsp3) is 0.417. The van der Waals surface area contributed by atoms with Gasteiger partial charge in [0.15, 0.2) is 0 Å². The first-order valence-electron chi connectivity index (χ1n) is 11.4. The van der Waals surface area contributed by atoms with E-state index in [-0.39, 0.29) is 29.4 Å². The minimum absolute atomic E-state index is 0.0339. The zero-order valence-corrected chi connectivity index (χ0v) is 19.6. The second kappa shape index (κ2) is 10.3. The van der Waals surface area contributed by atoms with Crippen molar-refractivity contribution in [3.05, 3.63) is 58.5 Å². The molecule has 9 nitrogen and oxygen atoms in total. The predicted octanol–water partition coefficient (Wildman–Crippen LogP) is 4.58. The van der Waals surface area contributed by atoms with Gasteiger partial charge in [0.05, 0.1) is 23.8 Å². The van der Waals surface area contributed by atoms with Crippen LogP contribution in [0.2, 0.25) is 0 Å². The lowest BCUT2D eigenvalue weighted by atomic mass is 10.1. The van der Waals surface area contributed by atoms with Crippen molar-refractivity contribution in [2.75, 3.05) is 38.2 Å². The van der Waals surface area contributed by atoms with Gasteiger partial charge in [-0.05, 0) is 43.2 Å². The highest BCUT2D eigenvalue weighted by atomic mass is 19.1. The Hall–Kier alpha value is -3.37. The maximum atomic E-state index is 13.6. The maximum absolute atomic E-state index is 13.6. The molecule has 1 atom stereocenters. The molecule has 3 heterocycles. The third-order valence-corrected chi connectivity index (χ3v) is 5.83. The van der Waals surface area contributed by atoms with Crippen LogP contribution in [0.5, 0.6) is 0 Å². The molecule has 1 aliphatic rings. The minimum Gasteiger partial charge on any atom is -0.379 e. The van der Waals surface area contributed by atoms with E-state index in [0.29, 0.717) is 36.7 Å². The van der Waals surface area contributed by atoms with E-state index in [1.165, 1.54) is 18.2 Å². The summed E-state index contributed by atoms with van der Waals surface area (Å²) in [5.74, 6) is 0.173. The number of hydrogen-bond acceptors (Lipinski definition) is 7. The molecule has 1 aromatic carbocycles. The van der Waals surface area contributed by atoms with Crippen molar-refractivity contribution in [1.82, 2.24) is 19.7 Å². The minimum atomic E-state index is -0.440. The van der Waals surface area contributed by atoms with Gasteiger partial charge in [0.25, 0.3) is 0 Å². The Bertz CT molecular complexity index is 1140. The van der Waals surface area contributed by atoms with Gasteiger partial charge in [0, 0.05) is 43.0 Å². The van der Waals surface area contributed by atoms with E-state index in [4.69, 9.17) is 9.84 Å². The summed E-state index contributed by atoms with van der Waals surface area (Å²) in [5, 5.41) is 19.5. The second-order valence-electron chi connectivity index (χ2n) is 8.75. The Balaban J connectivity index is 1.79. The SMILES string of the molecule is CC(C)CNc1nc(-c2cn(C(C)N3CCOCC3)nc2-c2ccc(F)cc2)ccc1[N+](=O)[O-]. The first-order chi connectivity index (χ1) is 16.3. The number of halogens is 1. The van der Waals surface area contributed by atoms with Crippen LogP contribution in [0.15, 0.2) is 42.6 Å². The van der Waals surface area contributed by atoms with E-state index in [2.05, 4.69) is 22.1 Å². The van der Waals surface area contributed by atoms with Gasteiger partial charge < -0.3 is 10.1 Å². The van der Waals surface area contributed by atoms with Crippen LogP contribution in [-0.4, -0.2) is 57.4 Å². The van der Waals surface area contributed by atoms with Crippen molar-refractivity contribution in [2.24, 2.45) is 5.92 Å². The van der Waals surface area contributed by atoms with Gasteiger partial charge in [0.1, 0.15) is 17.7 Å². The monoisotopic (exact) mass is 468 g/mol. The number of nitrogens with zero attached hydrogens (tertiary/aromatic N) is 5. The van der Waals surface area contributed by atoms with Gasteiger partial charge in [0.2, 0.25) is 5.82 Å². The van der Waals surface area contributed by atoms with Gasteiger partial charge in [-0.1, -0.05) is 13.8 Å². The van der Waals surface area contributed by atoms with E-state index < -0.39 is 4.92 Å². The molecule has 0 radical (unpaired) electrons. The average Bonchev–Trinajstić information content (AvgIpc) is 3.28. The molecule has 2 aromatic heterocycles. The lowest BCUT2D eigenvalue weighted by Gasteiger charge is -2.32. The van der Waals surface area contributed by atoms with Gasteiger partial charge >= 0.3 is 5.69 Å². The molecule has 0 spiro atoms. The smallest absolute Gasteiger partial charge is 0.311 e. The number of hydrogen-bond donors (Lipinski definition) is 1. The van der Waals surface area contributed by atoms with E-state index in [1.807, 2.05) is 24.7 Å². The molecule has 0 saturated carbocycles. The van der Waals surface area contributed by atoms with Crippen LogP contribution < -0.4 is 5.32 Å². The molecular formula is C24H29FN6O3. The molecule has 10 heteroatoms. The van der Waals surface area contributed by atoms with E-state index >= 15 is 0 Å². The summed E-state index contributed by atoms with van der Waals surface area (Å²) < 4.78 is 20.9.